The Labute approximate surface area is 94.3 Å². The number of allylic oxidation sites excluding steroid dienone is 1. The van der Waals surface area contributed by atoms with Crippen molar-refractivity contribution in [3.8, 4) is 0 Å². The second-order valence-electron chi connectivity index (χ2n) is 5.25. The zero-order valence-electron chi connectivity index (χ0n) is 10.1. The molecule has 0 aliphatic heterocycles. The summed E-state index contributed by atoms with van der Waals surface area (Å²) in [5.74, 6) is 0.956. The minimum Gasteiger partial charge on any atom is -0.316 e. The van der Waals surface area contributed by atoms with Gasteiger partial charge in [-0.3, -0.25) is 0 Å². The zero-order chi connectivity index (χ0) is 10.5. The van der Waals surface area contributed by atoms with Gasteiger partial charge in [0, 0.05) is 6.04 Å². The summed E-state index contributed by atoms with van der Waals surface area (Å²) < 4.78 is 0. The summed E-state index contributed by atoms with van der Waals surface area (Å²) in [6, 6.07) is 0.761. The minimum atomic E-state index is 0.761. The Morgan fingerprint density at radius 2 is 2.07 bits per heavy atom. The maximum absolute atomic E-state index is 3.55. The van der Waals surface area contributed by atoms with Gasteiger partial charge in [0.2, 0.25) is 0 Å². The largest absolute Gasteiger partial charge is 0.316 e. The molecule has 0 heterocycles. The molecule has 1 unspecified atom stereocenters. The third kappa shape index (κ3) is 3.07. The van der Waals surface area contributed by atoms with E-state index in [1.807, 2.05) is 0 Å². The number of hydrogen-bond donors (Lipinski definition) is 1. The van der Waals surface area contributed by atoms with Gasteiger partial charge in [-0.05, 0) is 57.9 Å². The molecular weight excluding hydrogens is 182 g/mol. The van der Waals surface area contributed by atoms with Crippen LogP contribution in [0.4, 0.5) is 0 Å². The normalized spacial score (nSPS) is 25.3. The van der Waals surface area contributed by atoms with Gasteiger partial charge >= 0.3 is 0 Å². The molecule has 0 aromatic rings. The minimum absolute atomic E-state index is 0.761. The van der Waals surface area contributed by atoms with Crippen LogP contribution in [0.25, 0.3) is 0 Å². The van der Waals surface area contributed by atoms with Crippen LogP contribution in [0.5, 0.6) is 0 Å². The highest BCUT2D eigenvalue weighted by molar-refractivity contribution is 5.07. The molecule has 0 radical (unpaired) electrons. The molecular formula is C14H25N. The fourth-order valence-corrected chi connectivity index (χ4v) is 3.24. The molecule has 2 aliphatic carbocycles. The molecule has 15 heavy (non-hydrogen) atoms. The Hall–Kier alpha value is -0.300. The Kier molecular flexibility index (Phi) is 4.25. The fraction of sp³-hybridized carbons (Fsp3) is 0.857. The lowest BCUT2D eigenvalue weighted by atomic mass is 9.88. The van der Waals surface area contributed by atoms with Gasteiger partial charge in [0.25, 0.3) is 0 Å². The first kappa shape index (κ1) is 11.2. The van der Waals surface area contributed by atoms with Crippen LogP contribution in [0.1, 0.15) is 57.8 Å². The number of nitrogens with one attached hydrogen (secondary N) is 1. The van der Waals surface area contributed by atoms with Crippen LogP contribution in [-0.2, 0) is 0 Å². The van der Waals surface area contributed by atoms with Gasteiger partial charge in [-0.15, -0.1) is 0 Å². The molecule has 1 saturated carbocycles. The van der Waals surface area contributed by atoms with E-state index in [0.29, 0.717) is 0 Å². The average Bonchev–Trinajstić information content (AvgIpc) is 2.81. The van der Waals surface area contributed by atoms with Crippen molar-refractivity contribution in [3.63, 3.8) is 0 Å². The lowest BCUT2D eigenvalue weighted by molar-refractivity contribution is 0.371. The molecule has 0 aromatic carbocycles. The van der Waals surface area contributed by atoms with Crippen molar-refractivity contribution in [1.29, 1.82) is 0 Å². The highest BCUT2D eigenvalue weighted by Gasteiger charge is 2.24. The van der Waals surface area contributed by atoms with Gasteiger partial charge in [-0.2, -0.15) is 0 Å². The summed E-state index contributed by atoms with van der Waals surface area (Å²) in [5.41, 5.74) is 1.73. The lowest BCUT2D eigenvalue weighted by Gasteiger charge is -2.25. The van der Waals surface area contributed by atoms with Gasteiger partial charge in [0.15, 0.2) is 0 Å². The first-order chi connectivity index (χ1) is 7.40. The van der Waals surface area contributed by atoms with Crippen LogP contribution >= 0.6 is 0 Å². The van der Waals surface area contributed by atoms with Crippen molar-refractivity contribution in [1.82, 2.24) is 5.32 Å². The van der Waals surface area contributed by atoms with Crippen LogP contribution < -0.4 is 5.32 Å². The molecule has 2 rings (SSSR count). The van der Waals surface area contributed by atoms with Crippen molar-refractivity contribution in [2.75, 3.05) is 7.05 Å². The summed E-state index contributed by atoms with van der Waals surface area (Å²) in [6.45, 7) is 0. The maximum atomic E-state index is 3.55. The Morgan fingerprint density at radius 3 is 2.67 bits per heavy atom. The van der Waals surface area contributed by atoms with E-state index in [4.69, 9.17) is 0 Å². The summed E-state index contributed by atoms with van der Waals surface area (Å²) in [6.07, 6.45) is 15.2. The second-order valence-corrected chi connectivity index (χ2v) is 5.25. The summed E-state index contributed by atoms with van der Waals surface area (Å²) in [5, 5.41) is 3.55. The monoisotopic (exact) mass is 207 g/mol. The van der Waals surface area contributed by atoms with E-state index in [2.05, 4.69) is 18.4 Å². The second kappa shape index (κ2) is 5.69. The Bertz CT molecular complexity index is 213. The lowest BCUT2D eigenvalue weighted by Crippen LogP contribution is -2.32. The average molecular weight is 207 g/mol. The fourth-order valence-electron chi connectivity index (χ4n) is 3.24. The van der Waals surface area contributed by atoms with Crippen molar-refractivity contribution < 1.29 is 0 Å². The van der Waals surface area contributed by atoms with Crippen LogP contribution in [0, 0.1) is 5.92 Å². The third-order valence-corrected chi connectivity index (χ3v) is 4.21. The van der Waals surface area contributed by atoms with Crippen LogP contribution in [0.15, 0.2) is 11.6 Å². The molecule has 0 amide bonds. The van der Waals surface area contributed by atoms with Crippen LogP contribution in [0.2, 0.25) is 0 Å². The van der Waals surface area contributed by atoms with Gasteiger partial charge in [0.05, 0.1) is 0 Å². The Balaban J connectivity index is 1.86. The highest BCUT2D eigenvalue weighted by Crippen LogP contribution is 2.32. The first-order valence-electron chi connectivity index (χ1n) is 6.75. The molecule has 1 heteroatoms. The predicted molar refractivity (Wildman–Crippen MR) is 66.0 cm³/mol. The number of hydrogen-bond acceptors (Lipinski definition) is 1. The Morgan fingerprint density at radius 1 is 1.27 bits per heavy atom. The topological polar surface area (TPSA) is 12.0 Å². The molecule has 0 bridgehead atoms. The molecule has 0 aromatic heterocycles. The highest BCUT2D eigenvalue weighted by atomic mass is 14.9. The van der Waals surface area contributed by atoms with Gasteiger partial charge in [-0.25, -0.2) is 0 Å². The van der Waals surface area contributed by atoms with E-state index in [0.717, 1.165) is 12.0 Å². The first-order valence-corrected chi connectivity index (χ1v) is 6.75. The molecule has 86 valence electrons. The van der Waals surface area contributed by atoms with Crippen molar-refractivity contribution in [2.24, 2.45) is 5.92 Å². The molecule has 0 spiro atoms. The van der Waals surface area contributed by atoms with E-state index >= 15 is 0 Å². The van der Waals surface area contributed by atoms with E-state index in [1.54, 1.807) is 5.57 Å². The van der Waals surface area contributed by atoms with Crippen LogP contribution in [-0.4, -0.2) is 13.1 Å². The molecule has 1 fully saturated rings. The van der Waals surface area contributed by atoms with E-state index in [9.17, 15) is 0 Å². The summed E-state index contributed by atoms with van der Waals surface area (Å²) >= 11 is 0. The molecule has 1 N–H and O–H groups in total. The maximum Gasteiger partial charge on any atom is 0.0129 e. The summed E-state index contributed by atoms with van der Waals surface area (Å²) in [7, 11) is 2.15. The summed E-state index contributed by atoms with van der Waals surface area (Å²) in [4.78, 5) is 0. The third-order valence-electron chi connectivity index (χ3n) is 4.21. The van der Waals surface area contributed by atoms with Gasteiger partial charge in [0.1, 0.15) is 0 Å². The van der Waals surface area contributed by atoms with E-state index in [-0.39, 0.29) is 0 Å². The van der Waals surface area contributed by atoms with Crippen molar-refractivity contribution in [3.05, 3.63) is 11.6 Å². The van der Waals surface area contributed by atoms with Crippen molar-refractivity contribution in [2.45, 2.75) is 63.8 Å². The molecule has 1 atom stereocenters. The van der Waals surface area contributed by atoms with Gasteiger partial charge in [-0.1, -0.05) is 24.5 Å². The van der Waals surface area contributed by atoms with Crippen molar-refractivity contribution >= 4 is 0 Å². The zero-order valence-corrected chi connectivity index (χ0v) is 10.1. The van der Waals surface area contributed by atoms with Crippen LogP contribution in [0.3, 0.4) is 0 Å². The molecule has 2 aliphatic rings. The smallest absolute Gasteiger partial charge is 0.0129 e. The standard InChI is InChI=1S/C14H25N/c1-15-14(13-9-5-6-10-13)11-12-7-3-2-4-8-12/h7,13-15H,2-6,8-11H2,1H3. The number of rotatable bonds is 4. The van der Waals surface area contributed by atoms with E-state index in [1.165, 1.54) is 57.8 Å². The molecule has 0 saturated heterocycles. The molecule has 1 nitrogen and oxygen atoms in total. The SMILES string of the molecule is CNC(CC1=CCCCC1)C1CCCC1. The van der Waals surface area contributed by atoms with E-state index < -0.39 is 0 Å². The quantitative estimate of drug-likeness (QED) is 0.694. The van der Waals surface area contributed by atoms with Gasteiger partial charge < -0.3 is 5.32 Å². The predicted octanol–water partition coefficient (Wildman–Crippen LogP) is 3.66.